The highest BCUT2D eigenvalue weighted by atomic mass is 16.6. The van der Waals surface area contributed by atoms with Crippen LogP contribution in [0.25, 0.3) is 0 Å². The first-order chi connectivity index (χ1) is 16.2. The van der Waals surface area contributed by atoms with Crippen molar-refractivity contribution in [3.63, 3.8) is 0 Å². The lowest BCUT2D eigenvalue weighted by Crippen LogP contribution is -2.48. The molecule has 1 aliphatic rings. The van der Waals surface area contributed by atoms with Gasteiger partial charge >= 0.3 is 12.2 Å². The number of ether oxygens (including phenoxy) is 3. The molecule has 0 aliphatic carbocycles. The first-order valence-electron chi connectivity index (χ1n) is 11.6. The second-order valence-electron chi connectivity index (χ2n) is 9.34. The van der Waals surface area contributed by atoms with Crippen molar-refractivity contribution in [3.8, 4) is 0 Å². The van der Waals surface area contributed by atoms with Crippen LogP contribution in [-0.2, 0) is 20.8 Å². The van der Waals surface area contributed by atoms with Crippen molar-refractivity contribution in [1.82, 2.24) is 10.6 Å². The average Bonchev–Trinajstić information content (AvgIpc) is 2.81. The number of nitrogens with zero attached hydrogens (tertiary/aromatic N) is 1. The highest BCUT2D eigenvalue weighted by Gasteiger charge is 2.23. The van der Waals surface area contributed by atoms with Gasteiger partial charge in [-0.15, -0.1) is 0 Å². The van der Waals surface area contributed by atoms with Crippen LogP contribution >= 0.6 is 0 Å². The molecule has 1 saturated heterocycles. The summed E-state index contributed by atoms with van der Waals surface area (Å²) in [5.41, 5.74) is 2.41. The maximum atomic E-state index is 12.2. The van der Waals surface area contributed by atoms with Crippen LogP contribution in [0.4, 0.5) is 15.3 Å². The van der Waals surface area contributed by atoms with Gasteiger partial charge in [-0.05, 0) is 51.0 Å². The number of benzene rings is 2. The minimum absolute atomic E-state index is 0.145. The summed E-state index contributed by atoms with van der Waals surface area (Å²) in [7, 11) is 0. The molecule has 2 aromatic carbocycles. The van der Waals surface area contributed by atoms with E-state index in [-0.39, 0.29) is 18.8 Å². The zero-order valence-electron chi connectivity index (χ0n) is 20.4. The van der Waals surface area contributed by atoms with E-state index in [9.17, 15) is 9.59 Å². The van der Waals surface area contributed by atoms with Crippen LogP contribution in [0.3, 0.4) is 0 Å². The van der Waals surface area contributed by atoms with E-state index < -0.39 is 17.8 Å². The van der Waals surface area contributed by atoms with Gasteiger partial charge in [-0.25, -0.2) is 9.59 Å². The Labute approximate surface area is 201 Å². The van der Waals surface area contributed by atoms with Gasteiger partial charge < -0.3 is 29.7 Å². The van der Waals surface area contributed by atoms with Gasteiger partial charge in [-0.3, -0.25) is 0 Å². The van der Waals surface area contributed by atoms with Crippen molar-refractivity contribution in [2.24, 2.45) is 0 Å². The van der Waals surface area contributed by atoms with Gasteiger partial charge in [0, 0.05) is 25.3 Å². The summed E-state index contributed by atoms with van der Waals surface area (Å²) < 4.78 is 16.4. The molecular weight excluding hydrogens is 434 g/mol. The van der Waals surface area contributed by atoms with Crippen molar-refractivity contribution in [2.75, 3.05) is 31.1 Å². The van der Waals surface area contributed by atoms with Crippen LogP contribution in [0.2, 0.25) is 0 Å². The Morgan fingerprint density at radius 2 is 1.88 bits per heavy atom. The number of anilines is 1. The molecule has 0 radical (unpaired) electrons. The van der Waals surface area contributed by atoms with Gasteiger partial charge in [-0.1, -0.05) is 42.5 Å². The fourth-order valence-electron chi connectivity index (χ4n) is 3.60. The number of rotatable bonds is 7. The maximum absolute atomic E-state index is 12.2. The number of carbonyl (C=O) groups excluding carboxylic acids is 2. The molecule has 2 atom stereocenters. The fourth-order valence-corrected chi connectivity index (χ4v) is 3.60. The molecule has 34 heavy (non-hydrogen) atoms. The molecule has 8 heteroatoms. The van der Waals surface area contributed by atoms with Crippen molar-refractivity contribution < 1.29 is 23.8 Å². The fraction of sp³-hybridized carbons (Fsp3) is 0.462. The first-order valence-corrected chi connectivity index (χ1v) is 11.6. The predicted molar refractivity (Wildman–Crippen MR) is 131 cm³/mol. The lowest BCUT2D eigenvalue weighted by Gasteiger charge is -2.35. The zero-order chi connectivity index (χ0) is 24.6. The summed E-state index contributed by atoms with van der Waals surface area (Å²) in [5.74, 6) is 0. The Hall–Kier alpha value is -3.26. The molecule has 0 bridgehead atoms. The molecule has 8 nitrogen and oxygen atoms in total. The Bertz CT molecular complexity index is 945. The Kier molecular flexibility index (Phi) is 8.76. The summed E-state index contributed by atoms with van der Waals surface area (Å²) in [6.45, 7) is 9.96. The molecule has 0 aromatic heterocycles. The number of hydrogen-bond acceptors (Lipinski definition) is 6. The second-order valence-corrected chi connectivity index (χ2v) is 9.34. The van der Waals surface area contributed by atoms with Crippen LogP contribution in [0, 0.1) is 0 Å². The SMILES string of the molecule is CC(NC(=O)OCc1ccccc1)c1cccc(N2CCO[C@@H](CNC(=O)OC(C)(C)C)C2)c1. The van der Waals surface area contributed by atoms with Gasteiger partial charge in [0.1, 0.15) is 12.2 Å². The maximum Gasteiger partial charge on any atom is 0.407 e. The van der Waals surface area contributed by atoms with E-state index in [4.69, 9.17) is 14.2 Å². The molecule has 2 N–H and O–H groups in total. The van der Waals surface area contributed by atoms with E-state index in [0.717, 1.165) is 23.4 Å². The summed E-state index contributed by atoms with van der Waals surface area (Å²) in [4.78, 5) is 26.4. The molecule has 1 fully saturated rings. The summed E-state index contributed by atoms with van der Waals surface area (Å²) in [6, 6.07) is 17.4. The number of nitrogens with one attached hydrogen (secondary N) is 2. The molecular formula is C26H35N3O5. The first kappa shape index (κ1) is 25.4. The van der Waals surface area contributed by atoms with Crippen LogP contribution < -0.4 is 15.5 Å². The largest absolute Gasteiger partial charge is 0.445 e. The zero-order valence-corrected chi connectivity index (χ0v) is 20.4. The van der Waals surface area contributed by atoms with Crippen molar-refractivity contribution in [3.05, 3.63) is 65.7 Å². The van der Waals surface area contributed by atoms with Crippen LogP contribution in [0.15, 0.2) is 54.6 Å². The van der Waals surface area contributed by atoms with E-state index in [2.05, 4.69) is 21.6 Å². The lowest BCUT2D eigenvalue weighted by atomic mass is 10.1. The molecule has 2 amide bonds. The molecule has 0 spiro atoms. The second kappa shape index (κ2) is 11.7. The number of hydrogen-bond donors (Lipinski definition) is 2. The average molecular weight is 470 g/mol. The van der Waals surface area contributed by atoms with E-state index in [1.54, 1.807) is 0 Å². The van der Waals surface area contributed by atoms with Gasteiger partial charge in [0.25, 0.3) is 0 Å². The highest BCUT2D eigenvalue weighted by molar-refractivity contribution is 5.68. The summed E-state index contributed by atoms with van der Waals surface area (Å²) in [6.07, 6.45) is -1.05. The smallest absolute Gasteiger partial charge is 0.407 e. The van der Waals surface area contributed by atoms with Crippen LogP contribution in [-0.4, -0.2) is 50.1 Å². The Morgan fingerprint density at radius 3 is 2.62 bits per heavy atom. The third kappa shape index (κ3) is 8.26. The number of carbonyl (C=O) groups is 2. The van der Waals surface area contributed by atoms with Gasteiger partial charge in [-0.2, -0.15) is 0 Å². The molecule has 0 saturated carbocycles. The minimum Gasteiger partial charge on any atom is -0.445 e. The van der Waals surface area contributed by atoms with Gasteiger partial charge in [0.2, 0.25) is 0 Å². The topological polar surface area (TPSA) is 89.1 Å². The molecule has 3 rings (SSSR count). The lowest BCUT2D eigenvalue weighted by molar-refractivity contribution is 0.0283. The number of alkyl carbamates (subject to hydrolysis) is 2. The Balaban J connectivity index is 1.51. The summed E-state index contributed by atoms with van der Waals surface area (Å²) in [5, 5.41) is 5.67. The van der Waals surface area contributed by atoms with Gasteiger partial charge in [0.05, 0.1) is 18.8 Å². The summed E-state index contributed by atoms with van der Waals surface area (Å²) >= 11 is 0. The number of amides is 2. The van der Waals surface area contributed by atoms with Crippen LogP contribution in [0.5, 0.6) is 0 Å². The quantitative estimate of drug-likeness (QED) is 0.625. The molecule has 1 aliphatic heterocycles. The van der Waals surface area contributed by atoms with Gasteiger partial charge in [0.15, 0.2) is 0 Å². The number of morpholine rings is 1. The highest BCUT2D eigenvalue weighted by Crippen LogP contribution is 2.23. The monoisotopic (exact) mass is 469 g/mol. The normalized spacial score (nSPS) is 16.9. The van der Waals surface area contributed by atoms with Crippen molar-refractivity contribution in [1.29, 1.82) is 0 Å². The van der Waals surface area contributed by atoms with Crippen molar-refractivity contribution in [2.45, 2.75) is 52.0 Å². The van der Waals surface area contributed by atoms with Crippen LogP contribution in [0.1, 0.15) is 44.9 Å². The van der Waals surface area contributed by atoms with E-state index in [0.29, 0.717) is 19.7 Å². The predicted octanol–water partition coefficient (Wildman–Crippen LogP) is 4.40. The standard InChI is InChI=1S/C26H35N3O5/c1-19(28-25(31)33-18-20-9-6-5-7-10-20)21-11-8-12-22(15-21)29-13-14-32-23(17-29)16-27-24(30)34-26(2,3)4/h5-12,15,19,23H,13-14,16-18H2,1-4H3,(H,27,30)(H,28,31)/t19?,23-/m0/s1. The van der Waals surface area contributed by atoms with Crippen molar-refractivity contribution >= 4 is 17.9 Å². The molecule has 1 unspecified atom stereocenters. The van der Waals surface area contributed by atoms with E-state index >= 15 is 0 Å². The molecule has 184 valence electrons. The Morgan fingerprint density at radius 1 is 1.12 bits per heavy atom. The molecule has 1 heterocycles. The third-order valence-corrected chi connectivity index (χ3v) is 5.29. The van der Waals surface area contributed by atoms with E-state index in [1.165, 1.54) is 0 Å². The third-order valence-electron chi connectivity index (χ3n) is 5.29. The minimum atomic E-state index is -0.539. The van der Waals surface area contributed by atoms with E-state index in [1.807, 2.05) is 76.2 Å². The molecule has 2 aromatic rings.